The number of benzene rings is 1. The second kappa shape index (κ2) is 9.43. The van der Waals surface area contributed by atoms with Gasteiger partial charge in [0, 0.05) is 42.7 Å². The minimum absolute atomic E-state index is 0.510. The summed E-state index contributed by atoms with van der Waals surface area (Å²) >= 11 is 0. The molecule has 2 heterocycles. The van der Waals surface area contributed by atoms with Crippen LogP contribution in [0.4, 0.5) is 8.78 Å². The number of ether oxygens (including phenoxy) is 2. The predicted molar refractivity (Wildman–Crippen MR) is 127 cm³/mol. The summed E-state index contributed by atoms with van der Waals surface area (Å²) in [4.78, 5) is 29.6. The topological polar surface area (TPSA) is 115 Å². The van der Waals surface area contributed by atoms with Gasteiger partial charge in [-0.3, -0.25) is 14.6 Å². The van der Waals surface area contributed by atoms with Crippen LogP contribution in [-0.4, -0.2) is 42.1 Å². The highest BCUT2D eigenvalue weighted by atomic mass is 19.3. The Kier molecular flexibility index (Phi) is 6.67. The summed E-state index contributed by atoms with van der Waals surface area (Å²) in [5.74, 6) is -7.89. The average Bonchev–Trinajstić information content (AvgIpc) is 3.08. The number of nitriles is 1. The Morgan fingerprint density at radius 1 is 1.31 bits per heavy atom. The third-order valence-electron chi connectivity index (χ3n) is 7.56. The Hall–Kier alpha value is -3.64. The highest BCUT2D eigenvalue weighted by molar-refractivity contribution is 5.91. The summed E-state index contributed by atoms with van der Waals surface area (Å²) in [7, 11) is 1.18. The van der Waals surface area contributed by atoms with Crippen molar-refractivity contribution in [3.05, 3.63) is 59.9 Å². The highest BCUT2D eigenvalue weighted by Crippen LogP contribution is 2.61. The fourth-order valence-corrected chi connectivity index (χ4v) is 5.84. The molecular weight excluding hydrogens is 468 g/mol. The van der Waals surface area contributed by atoms with Crippen molar-refractivity contribution < 1.29 is 27.8 Å². The summed E-state index contributed by atoms with van der Waals surface area (Å²) in [5, 5.41) is 9.34. The molecule has 2 fully saturated rings. The fraction of sp³-hybridized carbons (Fsp3) is 0.407. The maximum absolute atomic E-state index is 15.3. The van der Waals surface area contributed by atoms with Gasteiger partial charge in [0.1, 0.15) is 11.5 Å². The summed E-state index contributed by atoms with van der Waals surface area (Å²) in [6, 6.07) is 12.8. The van der Waals surface area contributed by atoms with Gasteiger partial charge in [0.25, 0.3) is 5.92 Å². The first-order valence-electron chi connectivity index (χ1n) is 11.6. The first-order chi connectivity index (χ1) is 17.1. The van der Waals surface area contributed by atoms with E-state index in [0.29, 0.717) is 11.3 Å². The number of fused-ring (bicyclic) bond motifs is 1. The third-order valence-corrected chi connectivity index (χ3v) is 7.56. The molecule has 1 saturated carbocycles. The minimum Gasteiger partial charge on any atom is -0.462 e. The number of alkyl halides is 2. The Labute approximate surface area is 207 Å². The van der Waals surface area contributed by atoms with Crippen LogP contribution in [0.5, 0.6) is 0 Å². The predicted octanol–water partition coefficient (Wildman–Crippen LogP) is 3.97. The van der Waals surface area contributed by atoms with Gasteiger partial charge in [-0.2, -0.15) is 5.26 Å². The van der Waals surface area contributed by atoms with E-state index < -0.39 is 59.6 Å². The van der Waals surface area contributed by atoms with E-state index in [1.807, 2.05) is 12.1 Å². The standard InChI is InChI=1S/C27H27F2N3O4/c1-15-20(11-10-19-9-8-18(13-32-19)21-7-5-4-6-17(21)12-30)22-16(2)36-25(34)26(22,14-27(15,28)29)23(35-3)24(31)33/h4-11,13,15-16,20,22-23H,14H2,1-3H3,(H2,31,33)/b11-10+/t15?,16?,20-,22?,23?,26?/m0/s1. The van der Waals surface area contributed by atoms with Crippen LogP contribution in [0.2, 0.25) is 0 Å². The van der Waals surface area contributed by atoms with Crippen molar-refractivity contribution >= 4 is 18.0 Å². The van der Waals surface area contributed by atoms with Gasteiger partial charge in [-0.05, 0) is 31.1 Å². The molecule has 36 heavy (non-hydrogen) atoms. The Morgan fingerprint density at radius 2 is 2.03 bits per heavy atom. The molecular formula is C27H27F2N3O4. The van der Waals surface area contributed by atoms with Crippen molar-refractivity contribution in [2.24, 2.45) is 28.9 Å². The molecule has 1 aliphatic heterocycles. The largest absolute Gasteiger partial charge is 0.462 e. The van der Waals surface area contributed by atoms with E-state index in [0.717, 1.165) is 11.1 Å². The number of aromatic nitrogens is 1. The summed E-state index contributed by atoms with van der Waals surface area (Å²) in [6.07, 6.45) is 1.68. The van der Waals surface area contributed by atoms with E-state index in [9.17, 15) is 14.9 Å². The molecule has 1 aromatic carbocycles. The first-order valence-corrected chi connectivity index (χ1v) is 11.6. The van der Waals surface area contributed by atoms with Crippen molar-refractivity contribution in [3.8, 4) is 17.2 Å². The van der Waals surface area contributed by atoms with E-state index >= 15 is 8.78 Å². The molecule has 0 bridgehead atoms. The molecule has 5 unspecified atom stereocenters. The molecule has 7 nitrogen and oxygen atoms in total. The van der Waals surface area contributed by atoms with E-state index in [1.54, 1.807) is 49.5 Å². The van der Waals surface area contributed by atoms with Gasteiger partial charge >= 0.3 is 5.97 Å². The summed E-state index contributed by atoms with van der Waals surface area (Å²) < 4.78 is 41.3. The molecule has 0 radical (unpaired) electrons. The number of esters is 1. The van der Waals surface area contributed by atoms with Crippen molar-refractivity contribution in [1.29, 1.82) is 5.26 Å². The molecule has 1 amide bonds. The van der Waals surface area contributed by atoms with Gasteiger partial charge in [-0.25, -0.2) is 8.78 Å². The number of carbonyl (C=O) groups is 2. The second-order valence-corrected chi connectivity index (χ2v) is 9.49. The van der Waals surface area contributed by atoms with Gasteiger partial charge in [0.2, 0.25) is 5.91 Å². The lowest BCUT2D eigenvalue weighted by Crippen LogP contribution is -2.61. The molecule has 1 saturated heterocycles. The van der Waals surface area contributed by atoms with Gasteiger partial charge < -0.3 is 15.2 Å². The highest BCUT2D eigenvalue weighted by Gasteiger charge is 2.71. The van der Waals surface area contributed by atoms with Crippen LogP contribution in [0, 0.1) is 34.5 Å². The number of amides is 1. The zero-order chi connectivity index (χ0) is 26.3. The molecule has 1 aromatic heterocycles. The smallest absolute Gasteiger partial charge is 0.316 e. The van der Waals surface area contributed by atoms with E-state index in [1.165, 1.54) is 14.0 Å². The van der Waals surface area contributed by atoms with Crippen LogP contribution in [0.15, 0.2) is 48.7 Å². The fourth-order valence-electron chi connectivity index (χ4n) is 5.84. The van der Waals surface area contributed by atoms with Gasteiger partial charge in [0.15, 0.2) is 6.10 Å². The number of cyclic esters (lactones) is 1. The number of carbonyl (C=O) groups excluding carboxylic acids is 2. The number of allylic oxidation sites excluding steroid dienone is 1. The SMILES string of the molecule is COC(C(N)=O)C12CC(F)(F)C(C)[C@H](/C=C/c3ccc(-c4ccccc4C#N)cn3)C1C(C)OC2=O. The third kappa shape index (κ3) is 4.05. The van der Waals surface area contributed by atoms with Gasteiger partial charge in [-0.1, -0.05) is 37.3 Å². The lowest BCUT2D eigenvalue weighted by Gasteiger charge is -2.49. The molecule has 1 aliphatic carbocycles. The number of hydrogen-bond acceptors (Lipinski definition) is 6. The normalized spacial score (nSPS) is 29.8. The van der Waals surface area contributed by atoms with Gasteiger partial charge in [-0.15, -0.1) is 0 Å². The maximum atomic E-state index is 15.3. The average molecular weight is 496 g/mol. The zero-order valence-electron chi connectivity index (χ0n) is 20.2. The number of nitrogens with two attached hydrogens (primary N) is 1. The van der Waals surface area contributed by atoms with Crippen LogP contribution >= 0.6 is 0 Å². The number of rotatable bonds is 6. The number of primary amides is 1. The molecule has 2 aliphatic rings. The van der Waals surface area contributed by atoms with Crippen molar-refractivity contribution in [2.75, 3.05) is 7.11 Å². The molecule has 2 aromatic rings. The number of nitrogens with zero attached hydrogens (tertiary/aromatic N) is 2. The van der Waals surface area contributed by atoms with Crippen LogP contribution in [-0.2, 0) is 19.1 Å². The van der Waals surface area contributed by atoms with Crippen molar-refractivity contribution in [2.45, 2.75) is 38.4 Å². The minimum atomic E-state index is -3.28. The molecule has 9 heteroatoms. The lowest BCUT2D eigenvalue weighted by atomic mass is 9.54. The molecule has 188 valence electrons. The maximum Gasteiger partial charge on any atom is 0.316 e. The second-order valence-electron chi connectivity index (χ2n) is 9.49. The van der Waals surface area contributed by atoms with E-state index in [2.05, 4.69) is 11.1 Å². The van der Waals surface area contributed by atoms with E-state index in [4.69, 9.17) is 15.2 Å². The lowest BCUT2D eigenvalue weighted by molar-refractivity contribution is -0.195. The molecule has 0 spiro atoms. The Bertz CT molecular complexity index is 1240. The van der Waals surface area contributed by atoms with Crippen molar-refractivity contribution in [1.82, 2.24) is 4.98 Å². The van der Waals surface area contributed by atoms with Crippen LogP contribution < -0.4 is 5.73 Å². The van der Waals surface area contributed by atoms with Crippen LogP contribution in [0.3, 0.4) is 0 Å². The Morgan fingerprint density at radius 3 is 2.64 bits per heavy atom. The van der Waals surface area contributed by atoms with Crippen LogP contribution in [0.1, 0.15) is 31.5 Å². The molecule has 4 rings (SSSR count). The summed E-state index contributed by atoms with van der Waals surface area (Å²) in [6.45, 7) is 3.06. The molecule has 2 N–H and O–H groups in total. The summed E-state index contributed by atoms with van der Waals surface area (Å²) in [5.41, 5.74) is 6.09. The van der Waals surface area contributed by atoms with E-state index in [-0.39, 0.29) is 0 Å². The zero-order valence-corrected chi connectivity index (χ0v) is 20.2. The quantitative estimate of drug-likeness (QED) is 0.607. The molecule has 6 atom stereocenters. The number of hydrogen-bond donors (Lipinski definition) is 1. The first kappa shape index (κ1) is 25.5. The van der Waals surface area contributed by atoms with Gasteiger partial charge in [0.05, 0.1) is 17.3 Å². The van der Waals surface area contributed by atoms with Crippen LogP contribution in [0.25, 0.3) is 17.2 Å². The Balaban J connectivity index is 1.71. The number of pyridine rings is 1. The number of halogens is 2. The monoisotopic (exact) mass is 495 g/mol. The van der Waals surface area contributed by atoms with Crippen molar-refractivity contribution in [3.63, 3.8) is 0 Å². The number of methoxy groups -OCH3 is 1.